The second-order valence-corrected chi connectivity index (χ2v) is 4.90. The molecular weight excluding hydrogens is 273 g/mol. The van der Waals surface area contributed by atoms with E-state index >= 15 is 0 Å². The zero-order valence-electron chi connectivity index (χ0n) is 11.2. The summed E-state index contributed by atoms with van der Waals surface area (Å²) in [6.45, 7) is 2.24. The van der Waals surface area contributed by atoms with Gasteiger partial charge in [0.15, 0.2) is 0 Å². The molecule has 0 bridgehead atoms. The van der Waals surface area contributed by atoms with Gasteiger partial charge in [0.2, 0.25) is 0 Å². The van der Waals surface area contributed by atoms with Crippen molar-refractivity contribution in [2.45, 2.75) is 32.5 Å². The number of aromatic nitrogens is 2. The van der Waals surface area contributed by atoms with Gasteiger partial charge in [0, 0.05) is 19.6 Å². The van der Waals surface area contributed by atoms with Crippen LogP contribution in [0, 0.1) is 5.92 Å². The number of halogens is 3. The van der Waals surface area contributed by atoms with Crippen LogP contribution in [0.2, 0.25) is 0 Å². The topological polar surface area (TPSA) is 64.2 Å². The molecule has 1 fully saturated rings. The first-order chi connectivity index (χ1) is 9.34. The lowest BCUT2D eigenvalue weighted by molar-refractivity contribution is -0.184. The van der Waals surface area contributed by atoms with Crippen molar-refractivity contribution in [1.29, 1.82) is 0 Å². The number of piperidine rings is 1. The first-order valence-electron chi connectivity index (χ1n) is 6.51. The van der Waals surface area contributed by atoms with Gasteiger partial charge in [-0.15, -0.1) is 0 Å². The first-order valence-corrected chi connectivity index (χ1v) is 6.51. The normalized spacial score (nSPS) is 20.2. The van der Waals surface area contributed by atoms with Crippen LogP contribution in [0.15, 0.2) is 6.20 Å². The fraction of sp³-hybridized carbons (Fsp3) is 0.667. The molecule has 1 unspecified atom stereocenters. The maximum atomic E-state index is 12.8. The lowest BCUT2D eigenvalue weighted by Crippen LogP contribution is -2.45. The summed E-state index contributed by atoms with van der Waals surface area (Å²) in [5, 5.41) is 3.94. The molecule has 0 radical (unpaired) electrons. The molecule has 2 N–H and O–H groups in total. The number of alkyl halides is 3. The molecule has 20 heavy (non-hydrogen) atoms. The smallest absolute Gasteiger partial charge is 0.393 e. The predicted octanol–water partition coefficient (Wildman–Crippen LogP) is 1.90. The molecule has 1 aromatic rings. The number of aryl methyl sites for hydroxylation is 1. The van der Waals surface area contributed by atoms with Gasteiger partial charge in [0.05, 0.1) is 17.8 Å². The Labute approximate surface area is 114 Å². The number of amides is 1. The third kappa shape index (κ3) is 2.73. The van der Waals surface area contributed by atoms with E-state index in [0.29, 0.717) is 19.5 Å². The fourth-order valence-corrected chi connectivity index (χ4v) is 2.45. The summed E-state index contributed by atoms with van der Waals surface area (Å²) in [5.74, 6) is -1.93. The van der Waals surface area contributed by atoms with Gasteiger partial charge in [-0.3, -0.25) is 9.48 Å². The molecule has 0 aromatic carbocycles. The number of nitrogen functional groups attached to an aromatic ring is 1. The highest BCUT2D eigenvalue weighted by molar-refractivity contribution is 5.97. The van der Waals surface area contributed by atoms with Crippen LogP contribution in [0.3, 0.4) is 0 Å². The van der Waals surface area contributed by atoms with Gasteiger partial charge < -0.3 is 10.6 Å². The van der Waals surface area contributed by atoms with Crippen molar-refractivity contribution in [3.63, 3.8) is 0 Å². The van der Waals surface area contributed by atoms with E-state index in [1.165, 1.54) is 15.8 Å². The number of carbonyl (C=O) groups excluding carboxylic acids is 1. The molecule has 1 saturated heterocycles. The molecule has 1 amide bonds. The van der Waals surface area contributed by atoms with E-state index in [4.69, 9.17) is 5.73 Å². The number of nitrogens with zero attached hydrogens (tertiary/aromatic N) is 3. The molecule has 0 aliphatic carbocycles. The number of hydrogen-bond acceptors (Lipinski definition) is 3. The number of hydrogen-bond donors (Lipinski definition) is 1. The van der Waals surface area contributed by atoms with E-state index in [0.717, 1.165) is 0 Å². The maximum absolute atomic E-state index is 12.8. The van der Waals surface area contributed by atoms with Crippen LogP contribution in [0.25, 0.3) is 0 Å². The van der Waals surface area contributed by atoms with E-state index in [2.05, 4.69) is 5.10 Å². The Balaban J connectivity index is 2.19. The largest absolute Gasteiger partial charge is 0.396 e. The van der Waals surface area contributed by atoms with Crippen LogP contribution in [0.1, 0.15) is 30.3 Å². The van der Waals surface area contributed by atoms with E-state index in [1.54, 1.807) is 6.92 Å². The van der Waals surface area contributed by atoms with E-state index in [9.17, 15) is 18.0 Å². The molecule has 0 saturated carbocycles. The summed E-state index contributed by atoms with van der Waals surface area (Å²) >= 11 is 0. The molecule has 2 heterocycles. The number of rotatable bonds is 2. The third-order valence-corrected chi connectivity index (χ3v) is 3.54. The number of carbonyl (C=O) groups is 1. The van der Waals surface area contributed by atoms with E-state index < -0.39 is 18.0 Å². The quantitative estimate of drug-likeness (QED) is 0.904. The summed E-state index contributed by atoms with van der Waals surface area (Å²) in [7, 11) is 0. The molecule has 1 aliphatic heterocycles. The highest BCUT2D eigenvalue weighted by atomic mass is 19.4. The van der Waals surface area contributed by atoms with Crippen molar-refractivity contribution in [1.82, 2.24) is 14.7 Å². The van der Waals surface area contributed by atoms with Crippen molar-refractivity contribution in [3.8, 4) is 0 Å². The molecule has 0 spiro atoms. The van der Waals surface area contributed by atoms with E-state index in [1.807, 2.05) is 0 Å². The SMILES string of the molecule is CCn1ncc(N)c1C(=O)N1CCCC(C(F)(F)F)C1. The Hall–Kier alpha value is -1.73. The predicted molar refractivity (Wildman–Crippen MR) is 67.0 cm³/mol. The second kappa shape index (κ2) is 5.34. The highest BCUT2D eigenvalue weighted by Gasteiger charge is 2.43. The van der Waals surface area contributed by atoms with E-state index in [-0.39, 0.29) is 24.3 Å². The van der Waals surface area contributed by atoms with Crippen molar-refractivity contribution < 1.29 is 18.0 Å². The van der Waals surface area contributed by atoms with Gasteiger partial charge >= 0.3 is 6.18 Å². The summed E-state index contributed by atoms with van der Waals surface area (Å²) in [5.41, 5.74) is 6.07. The first kappa shape index (κ1) is 14.7. The minimum atomic E-state index is -4.27. The Morgan fingerprint density at radius 2 is 2.25 bits per heavy atom. The average molecular weight is 290 g/mol. The van der Waals surface area contributed by atoms with Crippen molar-refractivity contribution in [2.75, 3.05) is 18.8 Å². The summed E-state index contributed by atoms with van der Waals surface area (Å²) in [6.07, 6.45) is -2.51. The molecule has 2 rings (SSSR count). The minimum Gasteiger partial charge on any atom is -0.396 e. The highest BCUT2D eigenvalue weighted by Crippen LogP contribution is 2.33. The van der Waals surface area contributed by atoms with Crippen LogP contribution < -0.4 is 5.73 Å². The lowest BCUT2D eigenvalue weighted by atomic mass is 9.97. The summed E-state index contributed by atoms with van der Waals surface area (Å²) < 4.78 is 39.7. The Kier molecular flexibility index (Phi) is 3.92. The van der Waals surface area contributed by atoms with Gasteiger partial charge in [0.25, 0.3) is 5.91 Å². The fourth-order valence-electron chi connectivity index (χ4n) is 2.45. The van der Waals surface area contributed by atoms with Gasteiger partial charge in [-0.25, -0.2) is 0 Å². The van der Waals surface area contributed by atoms with Crippen LogP contribution in [0.4, 0.5) is 18.9 Å². The van der Waals surface area contributed by atoms with Crippen molar-refractivity contribution >= 4 is 11.6 Å². The van der Waals surface area contributed by atoms with Crippen LogP contribution >= 0.6 is 0 Å². The monoisotopic (exact) mass is 290 g/mol. The number of nitrogens with two attached hydrogens (primary N) is 1. The molecular formula is C12H17F3N4O. The Bertz CT molecular complexity index is 497. The van der Waals surface area contributed by atoms with Crippen molar-refractivity contribution in [3.05, 3.63) is 11.9 Å². The van der Waals surface area contributed by atoms with Gasteiger partial charge in [-0.2, -0.15) is 18.3 Å². The number of anilines is 1. The Morgan fingerprint density at radius 1 is 1.55 bits per heavy atom. The molecule has 1 atom stereocenters. The minimum absolute atomic E-state index is 0.0653. The molecule has 1 aliphatic rings. The zero-order chi connectivity index (χ0) is 14.9. The second-order valence-electron chi connectivity index (χ2n) is 4.90. The van der Waals surface area contributed by atoms with Crippen LogP contribution in [-0.2, 0) is 6.54 Å². The summed E-state index contributed by atoms with van der Waals surface area (Å²) in [6, 6.07) is 0. The molecule has 112 valence electrons. The third-order valence-electron chi connectivity index (χ3n) is 3.54. The summed E-state index contributed by atoms with van der Waals surface area (Å²) in [4.78, 5) is 13.6. The average Bonchev–Trinajstić information content (AvgIpc) is 2.78. The maximum Gasteiger partial charge on any atom is 0.393 e. The molecule has 5 nitrogen and oxygen atoms in total. The van der Waals surface area contributed by atoms with Gasteiger partial charge in [-0.1, -0.05) is 0 Å². The lowest BCUT2D eigenvalue weighted by Gasteiger charge is -2.33. The number of likely N-dealkylation sites (tertiary alicyclic amines) is 1. The van der Waals surface area contributed by atoms with Crippen LogP contribution in [-0.4, -0.2) is 39.9 Å². The standard InChI is InChI=1S/C12H17F3N4O/c1-2-19-10(9(16)6-17-19)11(20)18-5-3-4-8(7-18)12(13,14)15/h6,8H,2-5,7,16H2,1H3. The van der Waals surface area contributed by atoms with Crippen molar-refractivity contribution in [2.24, 2.45) is 5.92 Å². The molecule has 8 heteroatoms. The van der Waals surface area contributed by atoms with Gasteiger partial charge in [-0.05, 0) is 19.8 Å². The van der Waals surface area contributed by atoms with Gasteiger partial charge in [0.1, 0.15) is 5.69 Å². The molecule has 1 aromatic heterocycles. The van der Waals surface area contributed by atoms with Crippen LogP contribution in [0.5, 0.6) is 0 Å². The Morgan fingerprint density at radius 3 is 2.85 bits per heavy atom. The zero-order valence-corrected chi connectivity index (χ0v) is 11.2.